The molecule has 24 heavy (non-hydrogen) atoms. The molecule has 0 N–H and O–H groups in total. The van der Waals surface area contributed by atoms with Crippen molar-refractivity contribution in [3.8, 4) is 0 Å². The van der Waals surface area contributed by atoms with E-state index in [-0.39, 0.29) is 0 Å². The predicted octanol–water partition coefficient (Wildman–Crippen LogP) is 5.84. The fourth-order valence-electron chi connectivity index (χ4n) is 6.93. The van der Waals surface area contributed by atoms with Crippen LogP contribution in [0.2, 0.25) is 0 Å². The van der Waals surface area contributed by atoms with Crippen molar-refractivity contribution in [1.82, 2.24) is 4.57 Å². The molecule has 1 heteroatoms. The average Bonchev–Trinajstić information content (AvgIpc) is 2.83. The molecular weight excluding hydrogens is 290 g/mol. The van der Waals surface area contributed by atoms with Crippen LogP contribution in [0.4, 0.5) is 0 Å². The van der Waals surface area contributed by atoms with Crippen LogP contribution in [0.15, 0.2) is 18.2 Å². The summed E-state index contributed by atoms with van der Waals surface area (Å²) >= 11 is 0. The Balaban J connectivity index is 1.71. The molecule has 128 valence electrons. The second kappa shape index (κ2) is 5.38. The van der Waals surface area contributed by atoms with Gasteiger partial charge in [-0.2, -0.15) is 0 Å². The zero-order valence-corrected chi connectivity index (χ0v) is 15.5. The minimum atomic E-state index is 0.840. The van der Waals surface area contributed by atoms with Crippen molar-refractivity contribution in [3.63, 3.8) is 0 Å². The summed E-state index contributed by atoms with van der Waals surface area (Å²) in [6.45, 7) is 4.72. The largest absolute Gasteiger partial charge is 0.347 e. The molecule has 4 bridgehead atoms. The summed E-state index contributed by atoms with van der Waals surface area (Å²) < 4.78 is 2.59. The first-order valence-corrected chi connectivity index (χ1v) is 10.3. The second-order valence-corrected chi connectivity index (χ2v) is 8.85. The Morgan fingerprint density at radius 3 is 2.79 bits per heavy atom. The summed E-state index contributed by atoms with van der Waals surface area (Å²) in [5.74, 6) is 4.80. The summed E-state index contributed by atoms with van der Waals surface area (Å²) in [6, 6.07) is 7.23. The van der Waals surface area contributed by atoms with Gasteiger partial charge in [0.25, 0.3) is 0 Å². The van der Waals surface area contributed by atoms with E-state index in [1.54, 1.807) is 16.6 Å². The van der Waals surface area contributed by atoms with Gasteiger partial charge in [-0.05, 0) is 85.5 Å². The maximum absolute atomic E-state index is 2.59. The zero-order chi connectivity index (χ0) is 16.4. The molecule has 1 aromatic carbocycles. The molecule has 0 saturated heterocycles. The number of hydrogen-bond donors (Lipinski definition) is 0. The molecule has 4 aliphatic carbocycles. The van der Waals surface area contributed by atoms with Crippen LogP contribution in [0.3, 0.4) is 0 Å². The van der Waals surface area contributed by atoms with Gasteiger partial charge < -0.3 is 4.57 Å². The summed E-state index contributed by atoms with van der Waals surface area (Å²) in [6.07, 6.45) is 9.83. The Labute approximate surface area is 146 Å². The van der Waals surface area contributed by atoms with Crippen LogP contribution in [0.1, 0.15) is 68.7 Å². The van der Waals surface area contributed by atoms with E-state index in [1.807, 2.05) is 0 Å². The topological polar surface area (TPSA) is 4.93 Å². The van der Waals surface area contributed by atoms with Crippen LogP contribution < -0.4 is 0 Å². The molecular formula is C23H31N. The number of nitrogens with zero attached hydrogens (tertiary/aromatic N) is 1. The Morgan fingerprint density at radius 2 is 2.00 bits per heavy atom. The van der Waals surface area contributed by atoms with Crippen molar-refractivity contribution in [2.75, 3.05) is 0 Å². The molecule has 3 fully saturated rings. The van der Waals surface area contributed by atoms with Gasteiger partial charge in [0.05, 0.1) is 0 Å². The van der Waals surface area contributed by atoms with Crippen molar-refractivity contribution in [2.45, 2.75) is 64.7 Å². The van der Waals surface area contributed by atoms with Crippen LogP contribution in [0, 0.1) is 23.7 Å². The average molecular weight is 322 g/mol. The zero-order valence-electron chi connectivity index (χ0n) is 15.5. The summed E-state index contributed by atoms with van der Waals surface area (Å²) in [5.41, 5.74) is 6.42. The standard InChI is InChI=1S/C23H31N/c1-4-14-6-9-21-19(12-14)18-8-7-17-11-15-10-16(5-2)22(17)20(13-15)23(18)24(21)3/h6,9,12,15-17,20,22H,4-5,7-8,10-11,13H2,1-3H3/t15?,16-,17-,20+,22?/m0/s1. The van der Waals surface area contributed by atoms with Gasteiger partial charge in [-0.15, -0.1) is 0 Å². The second-order valence-electron chi connectivity index (χ2n) is 8.85. The molecule has 0 aliphatic heterocycles. The minimum Gasteiger partial charge on any atom is -0.347 e. The van der Waals surface area contributed by atoms with E-state index in [4.69, 9.17) is 0 Å². The van der Waals surface area contributed by atoms with Gasteiger partial charge in [-0.1, -0.05) is 26.3 Å². The lowest BCUT2D eigenvalue weighted by atomic mass is 9.54. The maximum Gasteiger partial charge on any atom is 0.0483 e. The highest BCUT2D eigenvalue weighted by Gasteiger charge is 2.49. The van der Waals surface area contributed by atoms with E-state index in [1.165, 1.54) is 49.6 Å². The normalized spacial score (nSPS) is 34.4. The highest BCUT2D eigenvalue weighted by molar-refractivity contribution is 5.86. The van der Waals surface area contributed by atoms with Crippen LogP contribution in [-0.2, 0) is 19.9 Å². The van der Waals surface area contributed by atoms with Crippen LogP contribution in [0.25, 0.3) is 10.9 Å². The maximum atomic E-state index is 2.59. The van der Waals surface area contributed by atoms with Crippen molar-refractivity contribution in [2.24, 2.45) is 30.7 Å². The van der Waals surface area contributed by atoms with Gasteiger partial charge in [0.1, 0.15) is 0 Å². The van der Waals surface area contributed by atoms with Gasteiger partial charge in [0.2, 0.25) is 0 Å². The fourth-order valence-corrected chi connectivity index (χ4v) is 6.93. The van der Waals surface area contributed by atoms with E-state index in [9.17, 15) is 0 Å². The quantitative estimate of drug-likeness (QED) is 0.654. The Kier molecular flexibility index (Phi) is 3.37. The number of hydrogen-bond acceptors (Lipinski definition) is 0. The molecule has 0 amide bonds. The third-order valence-corrected chi connectivity index (χ3v) is 7.88. The first kappa shape index (κ1) is 15.0. The summed E-state index contributed by atoms with van der Waals surface area (Å²) in [5, 5.41) is 1.57. The van der Waals surface area contributed by atoms with Crippen molar-refractivity contribution < 1.29 is 0 Å². The number of aromatic nitrogens is 1. The van der Waals surface area contributed by atoms with Gasteiger partial charge in [0.15, 0.2) is 0 Å². The van der Waals surface area contributed by atoms with Gasteiger partial charge in [-0.25, -0.2) is 0 Å². The molecule has 5 atom stereocenters. The molecule has 1 aromatic heterocycles. The minimum absolute atomic E-state index is 0.840. The third kappa shape index (κ3) is 1.93. The monoisotopic (exact) mass is 321 g/mol. The van der Waals surface area contributed by atoms with E-state index in [0.29, 0.717) is 0 Å². The lowest BCUT2D eigenvalue weighted by Crippen LogP contribution is -2.42. The van der Waals surface area contributed by atoms with E-state index < -0.39 is 0 Å². The van der Waals surface area contributed by atoms with Crippen molar-refractivity contribution in [1.29, 1.82) is 0 Å². The smallest absolute Gasteiger partial charge is 0.0483 e. The SMILES string of the molecule is CCc1ccc2c(c1)c1c(n2C)[C@@H]2CC3C[C@H](CC)C2[C@@H](CC1)C3. The molecule has 4 aliphatic rings. The van der Waals surface area contributed by atoms with Crippen LogP contribution in [0.5, 0.6) is 0 Å². The van der Waals surface area contributed by atoms with Gasteiger partial charge in [0, 0.05) is 29.6 Å². The highest BCUT2D eigenvalue weighted by atomic mass is 15.0. The molecule has 1 nitrogen and oxygen atoms in total. The first-order valence-electron chi connectivity index (χ1n) is 10.3. The number of rotatable bonds is 2. The summed E-state index contributed by atoms with van der Waals surface area (Å²) in [7, 11) is 2.34. The Hall–Kier alpha value is -1.24. The van der Waals surface area contributed by atoms with Crippen LogP contribution >= 0.6 is 0 Å². The Morgan fingerprint density at radius 1 is 1.12 bits per heavy atom. The van der Waals surface area contributed by atoms with E-state index in [2.05, 4.69) is 43.7 Å². The molecule has 1 heterocycles. The predicted molar refractivity (Wildman–Crippen MR) is 101 cm³/mol. The van der Waals surface area contributed by atoms with Gasteiger partial charge in [-0.3, -0.25) is 0 Å². The number of benzene rings is 1. The molecule has 0 radical (unpaired) electrons. The van der Waals surface area contributed by atoms with Crippen molar-refractivity contribution >= 4 is 10.9 Å². The van der Waals surface area contributed by atoms with Crippen LogP contribution in [-0.4, -0.2) is 4.57 Å². The van der Waals surface area contributed by atoms with Crippen molar-refractivity contribution in [3.05, 3.63) is 35.0 Å². The first-order chi connectivity index (χ1) is 11.7. The molecule has 3 saturated carbocycles. The number of fused-ring (bicyclic) bond motifs is 4. The van der Waals surface area contributed by atoms with E-state index in [0.717, 1.165) is 36.0 Å². The number of aryl methyl sites for hydroxylation is 3. The lowest BCUT2D eigenvalue weighted by molar-refractivity contribution is 0.0111. The van der Waals surface area contributed by atoms with E-state index >= 15 is 0 Å². The Bertz CT molecular complexity index is 783. The molecule has 6 rings (SSSR count). The molecule has 2 unspecified atom stereocenters. The lowest BCUT2D eigenvalue weighted by Gasteiger charge is -2.51. The fraction of sp³-hybridized carbons (Fsp3) is 0.652. The highest BCUT2D eigenvalue weighted by Crippen LogP contribution is 2.59. The molecule has 2 aromatic rings. The summed E-state index contributed by atoms with van der Waals surface area (Å²) in [4.78, 5) is 0. The van der Waals surface area contributed by atoms with Gasteiger partial charge >= 0.3 is 0 Å². The molecule has 0 spiro atoms. The third-order valence-electron chi connectivity index (χ3n) is 7.88.